The van der Waals surface area contributed by atoms with E-state index in [1.165, 1.54) is 0 Å². The Morgan fingerprint density at radius 1 is 0.864 bits per heavy atom. The zero-order valence-corrected chi connectivity index (χ0v) is 12.9. The second-order valence-corrected chi connectivity index (χ2v) is 5.41. The maximum atomic E-state index is 12.3. The third kappa shape index (κ3) is 2.30. The molecule has 0 saturated carbocycles. The van der Waals surface area contributed by atoms with Crippen molar-refractivity contribution >= 4 is 11.6 Å². The molecule has 22 heavy (non-hydrogen) atoms. The van der Waals surface area contributed by atoms with Gasteiger partial charge in [0.25, 0.3) is 0 Å². The zero-order chi connectivity index (χ0) is 15.7. The van der Waals surface area contributed by atoms with E-state index in [2.05, 4.69) is 0 Å². The van der Waals surface area contributed by atoms with Gasteiger partial charge in [0.15, 0.2) is 0 Å². The van der Waals surface area contributed by atoms with Gasteiger partial charge in [-0.1, -0.05) is 19.1 Å². The molecule has 0 bridgehead atoms. The molecule has 114 valence electrons. The highest BCUT2D eigenvalue weighted by Gasteiger charge is 2.45. The molecule has 1 fully saturated rings. The normalized spacial score (nSPS) is 20.5. The zero-order valence-electron chi connectivity index (χ0n) is 12.9. The van der Waals surface area contributed by atoms with E-state index in [0.29, 0.717) is 0 Å². The Balaban J connectivity index is 1.89. The molecule has 0 N–H and O–H groups in total. The molecule has 1 amide bonds. The Hall–Kier alpha value is -2.49. The predicted molar refractivity (Wildman–Crippen MR) is 85.4 cm³/mol. The lowest BCUT2D eigenvalue weighted by molar-refractivity contribution is -0.129. The standard InChI is InChI=1S/C18H19NO3/c1-12-17(13-4-8-15(21-2)9-5-13)19(18(12)20)14-6-10-16(22-3)11-7-14/h4-12,17H,1-3H3/t12-,17-/m1/s1. The van der Waals surface area contributed by atoms with Crippen molar-refractivity contribution in [1.82, 2.24) is 0 Å². The molecule has 0 spiro atoms. The second kappa shape index (κ2) is 5.72. The minimum absolute atomic E-state index is 0.0181. The van der Waals surface area contributed by atoms with E-state index in [9.17, 15) is 4.79 Å². The molecule has 4 heteroatoms. The molecule has 0 radical (unpaired) electrons. The van der Waals surface area contributed by atoms with E-state index in [1.807, 2.05) is 60.4 Å². The van der Waals surface area contributed by atoms with Crippen LogP contribution >= 0.6 is 0 Å². The number of methoxy groups -OCH3 is 2. The fraction of sp³-hybridized carbons (Fsp3) is 0.278. The SMILES string of the molecule is COc1ccc([C@H]2[C@@H](C)C(=O)N2c2ccc(OC)cc2)cc1. The van der Waals surface area contributed by atoms with Crippen molar-refractivity contribution in [2.45, 2.75) is 13.0 Å². The Labute approximate surface area is 130 Å². The van der Waals surface area contributed by atoms with Crippen molar-refractivity contribution in [3.8, 4) is 11.5 Å². The molecule has 0 aromatic heterocycles. The number of carbonyl (C=O) groups is 1. The molecule has 0 unspecified atom stereocenters. The van der Waals surface area contributed by atoms with Gasteiger partial charge in [0, 0.05) is 5.69 Å². The Bertz CT molecular complexity index is 664. The first-order valence-electron chi connectivity index (χ1n) is 7.27. The maximum Gasteiger partial charge on any atom is 0.232 e. The molecular formula is C18H19NO3. The van der Waals surface area contributed by atoms with E-state index < -0.39 is 0 Å². The summed E-state index contributed by atoms with van der Waals surface area (Å²) >= 11 is 0. The van der Waals surface area contributed by atoms with Crippen molar-refractivity contribution < 1.29 is 14.3 Å². The number of hydrogen-bond acceptors (Lipinski definition) is 3. The van der Waals surface area contributed by atoms with E-state index in [4.69, 9.17) is 9.47 Å². The van der Waals surface area contributed by atoms with Gasteiger partial charge >= 0.3 is 0 Å². The molecule has 1 heterocycles. The maximum absolute atomic E-state index is 12.3. The Kier molecular flexibility index (Phi) is 3.75. The highest BCUT2D eigenvalue weighted by molar-refractivity contribution is 6.03. The van der Waals surface area contributed by atoms with Crippen LogP contribution in [0.25, 0.3) is 0 Å². The Morgan fingerprint density at radius 3 is 1.86 bits per heavy atom. The summed E-state index contributed by atoms with van der Waals surface area (Å²) < 4.78 is 10.4. The third-order valence-electron chi connectivity index (χ3n) is 4.19. The fourth-order valence-electron chi connectivity index (χ4n) is 2.90. The first-order chi connectivity index (χ1) is 10.7. The number of nitrogens with zero attached hydrogens (tertiary/aromatic N) is 1. The molecule has 4 nitrogen and oxygen atoms in total. The highest BCUT2D eigenvalue weighted by Crippen LogP contribution is 2.43. The molecule has 2 aromatic carbocycles. The molecule has 1 aliphatic rings. The van der Waals surface area contributed by atoms with Gasteiger partial charge in [-0.15, -0.1) is 0 Å². The lowest BCUT2D eigenvalue weighted by Crippen LogP contribution is -2.54. The van der Waals surface area contributed by atoms with Crippen molar-refractivity contribution in [3.63, 3.8) is 0 Å². The molecule has 1 saturated heterocycles. The summed E-state index contributed by atoms with van der Waals surface area (Å²) in [6.45, 7) is 1.97. The van der Waals surface area contributed by atoms with E-state index in [1.54, 1.807) is 14.2 Å². The average Bonchev–Trinajstić information content (AvgIpc) is 2.59. The van der Waals surface area contributed by atoms with Gasteiger partial charge in [0.05, 0.1) is 26.2 Å². The first-order valence-corrected chi connectivity index (χ1v) is 7.27. The smallest absolute Gasteiger partial charge is 0.232 e. The van der Waals surface area contributed by atoms with E-state index in [0.717, 1.165) is 22.7 Å². The summed E-state index contributed by atoms with van der Waals surface area (Å²) in [5, 5.41) is 0. The minimum atomic E-state index is -0.0181. The predicted octanol–water partition coefficient (Wildman–Crippen LogP) is 3.43. The summed E-state index contributed by atoms with van der Waals surface area (Å²) in [6, 6.07) is 15.5. The van der Waals surface area contributed by atoms with Crippen LogP contribution in [0.2, 0.25) is 0 Å². The summed E-state index contributed by atoms with van der Waals surface area (Å²) in [7, 11) is 3.28. The largest absolute Gasteiger partial charge is 0.497 e. The van der Waals surface area contributed by atoms with Crippen LogP contribution in [0.1, 0.15) is 18.5 Å². The molecule has 0 aliphatic carbocycles. The average molecular weight is 297 g/mol. The van der Waals surface area contributed by atoms with Crippen LogP contribution in [0.3, 0.4) is 0 Å². The Morgan fingerprint density at radius 2 is 1.36 bits per heavy atom. The monoisotopic (exact) mass is 297 g/mol. The van der Waals surface area contributed by atoms with Gasteiger partial charge in [0.1, 0.15) is 11.5 Å². The summed E-state index contributed by atoms with van der Waals surface area (Å²) in [5.41, 5.74) is 2.01. The van der Waals surface area contributed by atoms with Crippen LogP contribution < -0.4 is 14.4 Å². The summed E-state index contributed by atoms with van der Waals surface area (Å²) in [5.74, 6) is 1.73. The number of carbonyl (C=O) groups excluding carboxylic acids is 1. The van der Waals surface area contributed by atoms with Crippen molar-refractivity contribution in [2.75, 3.05) is 19.1 Å². The molecular weight excluding hydrogens is 278 g/mol. The number of β-lactam (4-membered cyclic amide) rings is 1. The van der Waals surface area contributed by atoms with E-state index >= 15 is 0 Å². The third-order valence-corrected chi connectivity index (χ3v) is 4.19. The fourth-order valence-corrected chi connectivity index (χ4v) is 2.90. The first kappa shape index (κ1) is 14.4. The van der Waals surface area contributed by atoms with Crippen molar-refractivity contribution in [2.24, 2.45) is 5.92 Å². The molecule has 1 aliphatic heterocycles. The number of hydrogen-bond donors (Lipinski definition) is 0. The van der Waals surface area contributed by atoms with Gasteiger partial charge in [-0.25, -0.2) is 0 Å². The van der Waals surface area contributed by atoms with Crippen molar-refractivity contribution in [1.29, 1.82) is 0 Å². The number of rotatable bonds is 4. The van der Waals surface area contributed by atoms with Gasteiger partial charge in [0.2, 0.25) is 5.91 Å². The number of amides is 1. The second-order valence-electron chi connectivity index (χ2n) is 5.41. The van der Waals surface area contributed by atoms with Crippen LogP contribution in [-0.4, -0.2) is 20.1 Å². The number of benzene rings is 2. The lowest BCUT2D eigenvalue weighted by atomic mass is 9.83. The quantitative estimate of drug-likeness (QED) is 0.812. The van der Waals surface area contributed by atoms with Crippen LogP contribution in [0.15, 0.2) is 48.5 Å². The van der Waals surface area contributed by atoms with Crippen LogP contribution in [0.4, 0.5) is 5.69 Å². The number of anilines is 1. The summed E-state index contributed by atoms with van der Waals surface area (Å²) in [4.78, 5) is 14.1. The molecule has 3 rings (SSSR count). The topological polar surface area (TPSA) is 38.8 Å². The molecule has 2 atom stereocenters. The van der Waals surface area contributed by atoms with Gasteiger partial charge in [-0.2, -0.15) is 0 Å². The minimum Gasteiger partial charge on any atom is -0.497 e. The van der Waals surface area contributed by atoms with Gasteiger partial charge < -0.3 is 14.4 Å². The van der Waals surface area contributed by atoms with Crippen LogP contribution in [0.5, 0.6) is 11.5 Å². The van der Waals surface area contributed by atoms with Crippen LogP contribution in [-0.2, 0) is 4.79 Å². The van der Waals surface area contributed by atoms with E-state index in [-0.39, 0.29) is 17.9 Å². The van der Waals surface area contributed by atoms with Crippen molar-refractivity contribution in [3.05, 3.63) is 54.1 Å². The highest BCUT2D eigenvalue weighted by atomic mass is 16.5. The van der Waals surface area contributed by atoms with Gasteiger partial charge in [-0.05, 0) is 42.0 Å². The lowest BCUT2D eigenvalue weighted by Gasteiger charge is -2.46. The number of ether oxygens (including phenoxy) is 2. The molecule has 2 aromatic rings. The van der Waals surface area contributed by atoms with Crippen LogP contribution in [0, 0.1) is 5.92 Å². The van der Waals surface area contributed by atoms with Gasteiger partial charge in [-0.3, -0.25) is 4.79 Å². The summed E-state index contributed by atoms with van der Waals surface area (Å²) in [6.07, 6.45) is 0.